The van der Waals surface area contributed by atoms with E-state index in [2.05, 4.69) is 15.5 Å². The molecule has 106 valence electrons. The monoisotopic (exact) mass is 274 g/mol. The summed E-state index contributed by atoms with van der Waals surface area (Å²) in [6.07, 6.45) is 0.737. The van der Waals surface area contributed by atoms with Crippen molar-refractivity contribution in [3.8, 4) is 17.0 Å². The molecule has 0 aliphatic heterocycles. The molecule has 1 aromatic heterocycles. The van der Waals surface area contributed by atoms with E-state index >= 15 is 0 Å². The molecule has 0 spiro atoms. The van der Waals surface area contributed by atoms with Gasteiger partial charge in [-0.3, -0.25) is 9.89 Å². The maximum Gasteiger partial charge on any atom is 0.221 e. The molecule has 0 saturated heterocycles. The quantitative estimate of drug-likeness (QED) is 0.771. The van der Waals surface area contributed by atoms with Gasteiger partial charge in [-0.15, -0.1) is 0 Å². The van der Waals surface area contributed by atoms with Crippen LogP contribution in [0.1, 0.15) is 12.6 Å². The van der Waals surface area contributed by atoms with E-state index in [9.17, 15) is 4.79 Å². The molecule has 0 saturated carbocycles. The lowest BCUT2D eigenvalue weighted by atomic mass is 10.1. The third kappa shape index (κ3) is 3.16. The Morgan fingerprint density at radius 3 is 2.90 bits per heavy atom. The second-order valence-corrected chi connectivity index (χ2v) is 4.41. The van der Waals surface area contributed by atoms with Crippen LogP contribution in [0.4, 0.5) is 5.69 Å². The van der Waals surface area contributed by atoms with Crippen LogP contribution in [0.15, 0.2) is 24.3 Å². The summed E-state index contributed by atoms with van der Waals surface area (Å²) >= 11 is 0. The first-order valence-electron chi connectivity index (χ1n) is 6.34. The van der Waals surface area contributed by atoms with Gasteiger partial charge in [0.1, 0.15) is 5.75 Å². The first kappa shape index (κ1) is 14.1. The van der Waals surface area contributed by atoms with E-state index in [1.807, 2.05) is 12.1 Å². The molecule has 1 amide bonds. The zero-order valence-electron chi connectivity index (χ0n) is 11.6. The Bertz CT molecular complexity index is 607. The van der Waals surface area contributed by atoms with Crippen molar-refractivity contribution in [2.45, 2.75) is 13.3 Å². The summed E-state index contributed by atoms with van der Waals surface area (Å²) in [5.74, 6) is 0.580. The van der Waals surface area contributed by atoms with Gasteiger partial charge >= 0.3 is 0 Å². The highest BCUT2D eigenvalue weighted by Gasteiger charge is 2.11. The lowest BCUT2D eigenvalue weighted by Crippen LogP contribution is -2.05. The van der Waals surface area contributed by atoms with Gasteiger partial charge in [0.05, 0.1) is 12.8 Å². The van der Waals surface area contributed by atoms with E-state index < -0.39 is 0 Å². The number of amides is 1. The SMILES string of the molecule is COc1ccc(NC(C)=O)cc1-c1cc(CCN)[nH]n1. The van der Waals surface area contributed by atoms with Gasteiger partial charge in [-0.25, -0.2) is 0 Å². The Labute approximate surface area is 117 Å². The molecule has 0 fully saturated rings. The number of aromatic nitrogens is 2. The molecule has 0 unspecified atom stereocenters. The summed E-state index contributed by atoms with van der Waals surface area (Å²) in [7, 11) is 1.60. The zero-order chi connectivity index (χ0) is 14.5. The average Bonchev–Trinajstić information content (AvgIpc) is 2.87. The van der Waals surface area contributed by atoms with Crippen LogP contribution in [-0.2, 0) is 11.2 Å². The molecule has 2 aromatic rings. The highest BCUT2D eigenvalue weighted by atomic mass is 16.5. The van der Waals surface area contributed by atoms with Crippen LogP contribution in [0.5, 0.6) is 5.75 Å². The molecule has 0 bridgehead atoms. The molecule has 2 rings (SSSR count). The normalized spacial score (nSPS) is 10.3. The van der Waals surface area contributed by atoms with Gasteiger partial charge < -0.3 is 15.8 Å². The first-order chi connectivity index (χ1) is 9.63. The number of anilines is 1. The summed E-state index contributed by atoms with van der Waals surface area (Å²) < 4.78 is 5.34. The molecular formula is C14H18N4O2. The summed E-state index contributed by atoms with van der Waals surface area (Å²) in [6, 6.07) is 7.36. The number of nitrogens with zero attached hydrogens (tertiary/aromatic N) is 1. The topological polar surface area (TPSA) is 93.0 Å². The Morgan fingerprint density at radius 2 is 2.25 bits per heavy atom. The van der Waals surface area contributed by atoms with Crippen molar-refractivity contribution in [2.24, 2.45) is 5.73 Å². The van der Waals surface area contributed by atoms with Gasteiger partial charge in [0.2, 0.25) is 5.91 Å². The van der Waals surface area contributed by atoms with Gasteiger partial charge in [-0.2, -0.15) is 5.10 Å². The van der Waals surface area contributed by atoms with E-state index in [1.165, 1.54) is 6.92 Å². The standard InChI is InChI=1S/C14H18N4O2/c1-9(19)16-10-3-4-14(20-2)12(7-10)13-8-11(5-6-15)17-18-13/h3-4,7-8H,5-6,15H2,1-2H3,(H,16,19)(H,17,18). The highest BCUT2D eigenvalue weighted by Crippen LogP contribution is 2.31. The summed E-state index contributed by atoms with van der Waals surface area (Å²) in [5, 5.41) is 9.95. The third-order valence-corrected chi connectivity index (χ3v) is 2.84. The molecule has 6 heteroatoms. The number of carbonyl (C=O) groups excluding carboxylic acids is 1. The lowest BCUT2D eigenvalue weighted by Gasteiger charge is -2.09. The molecule has 4 N–H and O–H groups in total. The zero-order valence-corrected chi connectivity index (χ0v) is 11.6. The molecule has 0 aliphatic carbocycles. The second kappa shape index (κ2) is 6.21. The lowest BCUT2D eigenvalue weighted by molar-refractivity contribution is -0.114. The second-order valence-electron chi connectivity index (χ2n) is 4.41. The largest absolute Gasteiger partial charge is 0.496 e. The van der Waals surface area contributed by atoms with Crippen molar-refractivity contribution in [3.63, 3.8) is 0 Å². The predicted molar refractivity (Wildman–Crippen MR) is 77.6 cm³/mol. The molecule has 1 heterocycles. The summed E-state index contributed by atoms with van der Waals surface area (Å²) in [5.41, 5.74) is 8.78. The van der Waals surface area contributed by atoms with Crippen LogP contribution >= 0.6 is 0 Å². The van der Waals surface area contributed by atoms with Crippen LogP contribution in [0, 0.1) is 0 Å². The molecular weight excluding hydrogens is 256 g/mol. The molecule has 0 atom stereocenters. The van der Waals surface area contributed by atoms with Gasteiger partial charge in [-0.1, -0.05) is 0 Å². The fourth-order valence-electron chi connectivity index (χ4n) is 1.97. The van der Waals surface area contributed by atoms with Crippen LogP contribution in [0.2, 0.25) is 0 Å². The van der Waals surface area contributed by atoms with E-state index in [4.69, 9.17) is 10.5 Å². The molecule has 1 aromatic carbocycles. The van der Waals surface area contributed by atoms with Crippen molar-refractivity contribution in [2.75, 3.05) is 19.0 Å². The fourth-order valence-corrected chi connectivity index (χ4v) is 1.97. The number of nitrogens with one attached hydrogen (secondary N) is 2. The van der Waals surface area contributed by atoms with Crippen LogP contribution < -0.4 is 15.8 Å². The van der Waals surface area contributed by atoms with E-state index in [-0.39, 0.29) is 5.91 Å². The van der Waals surface area contributed by atoms with Crippen molar-refractivity contribution in [1.29, 1.82) is 0 Å². The number of hydrogen-bond donors (Lipinski definition) is 3. The molecule has 6 nitrogen and oxygen atoms in total. The van der Waals surface area contributed by atoms with Gasteiger partial charge in [0.25, 0.3) is 0 Å². The van der Waals surface area contributed by atoms with E-state index in [0.717, 1.165) is 23.4 Å². The fraction of sp³-hybridized carbons (Fsp3) is 0.286. The van der Waals surface area contributed by atoms with Crippen LogP contribution in [-0.4, -0.2) is 29.8 Å². The molecule has 20 heavy (non-hydrogen) atoms. The number of rotatable bonds is 5. The van der Waals surface area contributed by atoms with E-state index in [0.29, 0.717) is 18.0 Å². The number of nitrogens with two attached hydrogens (primary N) is 1. The average molecular weight is 274 g/mol. The van der Waals surface area contributed by atoms with E-state index in [1.54, 1.807) is 19.2 Å². The number of H-pyrrole nitrogens is 1. The minimum absolute atomic E-state index is 0.119. The number of benzene rings is 1. The number of methoxy groups -OCH3 is 1. The highest BCUT2D eigenvalue weighted by molar-refractivity contribution is 5.90. The third-order valence-electron chi connectivity index (χ3n) is 2.84. The number of carbonyl (C=O) groups is 1. The van der Waals surface area contributed by atoms with Crippen LogP contribution in [0.25, 0.3) is 11.3 Å². The number of aromatic amines is 1. The maximum atomic E-state index is 11.1. The first-order valence-corrected chi connectivity index (χ1v) is 6.34. The number of ether oxygens (including phenoxy) is 1. The Balaban J connectivity index is 2.38. The minimum Gasteiger partial charge on any atom is -0.496 e. The smallest absolute Gasteiger partial charge is 0.221 e. The Morgan fingerprint density at radius 1 is 1.45 bits per heavy atom. The number of hydrogen-bond acceptors (Lipinski definition) is 4. The maximum absolute atomic E-state index is 11.1. The van der Waals surface area contributed by atoms with Crippen molar-refractivity contribution in [3.05, 3.63) is 30.0 Å². The summed E-state index contributed by atoms with van der Waals surface area (Å²) in [6.45, 7) is 2.03. The molecule has 0 radical (unpaired) electrons. The minimum atomic E-state index is -0.119. The Kier molecular flexibility index (Phi) is 4.37. The van der Waals surface area contributed by atoms with Crippen molar-refractivity contribution in [1.82, 2.24) is 10.2 Å². The van der Waals surface area contributed by atoms with Crippen LogP contribution in [0.3, 0.4) is 0 Å². The summed E-state index contributed by atoms with van der Waals surface area (Å²) in [4.78, 5) is 11.1. The van der Waals surface area contributed by atoms with Gasteiger partial charge in [0.15, 0.2) is 0 Å². The predicted octanol–water partition coefficient (Wildman–Crippen LogP) is 1.54. The van der Waals surface area contributed by atoms with Crippen molar-refractivity contribution < 1.29 is 9.53 Å². The van der Waals surface area contributed by atoms with Gasteiger partial charge in [0, 0.05) is 30.3 Å². The van der Waals surface area contributed by atoms with Gasteiger partial charge in [-0.05, 0) is 30.8 Å². The van der Waals surface area contributed by atoms with Crippen molar-refractivity contribution >= 4 is 11.6 Å². The molecule has 0 aliphatic rings. The Hall–Kier alpha value is -2.34.